The zero-order valence-corrected chi connectivity index (χ0v) is 9.56. The average Bonchev–Trinajstić information content (AvgIpc) is 2.83. The number of para-hydroxylation sites is 1. The minimum atomic E-state index is -0.336. The van der Waals surface area contributed by atoms with Crippen molar-refractivity contribution in [1.29, 1.82) is 0 Å². The highest BCUT2D eigenvalue weighted by Crippen LogP contribution is 2.37. The topological polar surface area (TPSA) is 36.9 Å². The van der Waals surface area contributed by atoms with E-state index in [0.29, 0.717) is 31.3 Å². The molecule has 1 aliphatic rings. The number of hydrogen-bond acceptors (Lipinski definition) is 4. The van der Waals surface area contributed by atoms with Crippen LogP contribution < -0.4 is 9.47 Å². The molecule has 0 unspecified atom stereocenters. The first-order valence-corrected chi connectivity index (χ1v) is 5.39. The van der Waals surface area contributed by atoms with Gasteiger partial charge in [-0.2, -0.15) is 0 Å². The summed E-state index contributed by atoms with van der Waals surface area (Å²) < 4.78 is 21.8. The Morgan fingerprint density at radius 1 is 1.31 bits per heavy atom. The fourth-order valence-corrected chi connectivity index (χ4v) is 1.72. The molecule has 1 aromatic rings. The lowest BCUT2D eigenvalue weighted by molar-refractivity contribution is -0.0458. The smallest absolute Gasteiger partial charge is 0.187 e. The highest BCUT2D eigenvalue weighted by atomic mass is 16.7. The molecule has 1 heterocycles. The second kappa shape index (κ2) is 5.18. The Bertz CT molecular complexity index is 345. The molecule has 1 saturated heterocycles. The molecule has 1 aliphatic heterocycles. The molecule has 1 aromatic carbocycles. The van der Waals surface area contributed by atoms with Crippen LogP contribution in [0.2, 0.25) is 0 Å². The summed E-state index contributed by atoms with van der Waals surface area (Å²) in [7, 11) is 1.62. The van der Waals surface area contributed by atoms with Crippen molar-refractivity contribution in [2.75, 3.05) is 26.9 Å². The average molecular weight is 224 g/mol. The summed E-state index contributed by atoms with van der Waals surface area (Å²) in [6.07, 6.45) is -0.336. The molecule has 4 heteroatoms. The molecule has 0 bridgehead atoms. The Labute approximate surface area is 95.1 Å². The Morgan fingerprint density at radius 2 is 2.06 bits per heavy atom. The number of hydrogen-bond donors (Lipinski definition) is 0. The van der Waals surface area contributed by atoms with Crippen LogP contribution in [0.25, 0.3) is 0 Å². The molecule has 16 heavy (non-hydrogen) atoms. The van der Waals surface area contributed by atoms with E-state index in [1.807, 2.05) is 25.1 Å². The van der Waals surface area contributed by atoms with Crippen molar-refractivity contribution in [3.05, 3.63) is 23.8 Å². The van der Waals surface area contributed by atoms with E-state index in [-0.39, 0.29) is 6.29 Å². The molecule has 1 fully saturated rings. The van der Waals surface area contributed by atoms with Crippen molar-refractivity contribution in [2.24, 2.45) is 0 Å². The number of benzene rings is 1. The predicted molar refractivity (Wildman–Crippen MR) is 58.8 cm³/mol. The zero-order chi connectivity index (χ0) is 11.4. The van der Waals surface area contributed by atoms with Gasteiger partial charge in [0.15, 0.2) is 17.8 Å². The Morgan fingerprint density at radius 3 is 2.69 bits per heavy atom. The summed E-state index contributed by atoms with van der Waals surface area (Å²) in [6, 6.07) is 5.70. The van der Waals surface area contributed by atoms with Crippen molar-refractivity contribution in [1.82, 2.24) is 0 Å². The maximum Gasteiger partial charge on any atom is 0.187 e. The maximum atomic E-state index is 5.59. The third kappa shape index (κ3) is 2.13. The van der Waals surface area contributed by atoms with Gasteiger partial charge >= 0.3 is 0 Å². The Kier molecular flexibility index (Phi) is 3.64. The number of rotatable bonds is 4. The molecular weight excluding hydrogens is 208 g/mol. The van der Waals surface area contributed by atoms with Crippen LogP contribution in [0.15, 0.2) is 18.2 Å². The molecule has 0 aliphatic carbocycles. The van der Waals surface area contributed by atoms with E-state index < -0.39 is 0 Å². The minimum absolute atomic E-state index is 0.336. The molecule has 0 saturated carbocycles. The van der Waals surface area contributed by atoms with Gasteiger partial charge in [-0.3, -0.25) is 0 Å². The maximum absolute atomic E-state index is 5.59. The van der Waals surface area contributed by atoms with Crippen molar-refractivity contribution in [3.8, 4) is 11.5 Å². The first kappa shape index (κ1) is 11.2. The van der Waals surface area contributed by atoms with Crippen LogP contribution in [0.3, 0.4) is 0 Å². The molecular formula is C12H16O4. The lowest BCUT2D eigenvalue weighted by Gasteiger charge is -2.17. The van der Waals surface area contributed by atoms with Gasteiger partial charge in [0.05, 0.1) is 32.5 Å². The molecule has 4 nitrogen and oxygen atoms in total. The molecule has 0 amide bonds. The van der Waals surface area contributed by atoms with Gasteiger partial charge in [0.2, 0.25) is 0 Å². The van der Waals surface area contributed by atoms with Gasteiger partial charge in [0.1, 0.15) is 0 Å². The van der Waals surface area contributed by atoms with Gasteiger partial charge in [-0.05, 0) is 19.1 Å². The lowest BCUT2D eigenvalue weighted by atomic mass is 10.1. The summed E-state index contributed by atoms with van der Waals surface area (Å²) >= 11 is 0. The summed E-state index contributed by atoms with van der Waals surface area (Å²) in [6.45, 7) is 3.76. The molecule has 88 valence electrons. The third-order valence-corrected chi connectivity index (χ3v) is 2.39. The second-order valence-corrected chi connectivity index (χ2v) is 3.39. The summed E-state index contributed by atoms with van der Waals surface area (Å²) in [5.74, 6) is 1.41. The zero-order valence-electron chi connectivity index (χ0n) is 9.56. The standard InChI is InChI=1S/C12H16O4/c1-3-14-11-9(12-15-7-8-16-12)5-4-6-10(11)13-2/h4-6,12H,3,7-8H2,1-2H3. The van der Waals surface area contributed by atoms with Gasteiger partial charge < -0.3 is 18.9 Å². The first-order chi connectivity index (χ1) is 7.86. The highest BCUT2D eigenvalue weighted by Gasteiger charge is 2.24. The second-order valence-electron chi connectivity index (χ2n) is 3.39. The summed E-state index contributed by atoms with van der Waals surface area (Å²) in [5.41, 5.74) is 0.888. The van der Waals surface area contributed by atoms with E-state index in [0.717, 1.165) is 5.56 Å². The summed E-state index contributed by atoms with van der Waals surface area (Å²) in [5, 5.41) is 0. The van der Waals surface area contributed by atoms with E-state index in [1.54, 1.807) is 7.11 Å². The van der Waals surface area contributed by atoms with E-state index >= 15 is 0 Å². The van der Waals surface area contributed by atoms with Crippen LogP contribution in [-0.2, 0) is 9.47 Å². The highest BCUT2D eigenvalue weighted by molar-refractivity contribution is 5.47. The van der Waals surface area contributed by atoms with Crippen LogP contribution in [0.4, 0.5) is 0 Å². The quantitative estimate of drug-likeness (QED) is 0.785. The largest absolute Gasteiger partial charge is 0.493 e. The predicted octanol–water partition coefficient (Wildman–Crippen LogP) is 2.14. The van der Waals surface area contributed by atoms with E-state index in [4.69, 9.17) is 18.9 Å². The fraction of sp³-hybridized carbons (Fsp3) is 0.500. The minimum Gasteiger partial charge on any atom is -0.493 e. The third-order valence-electron chi connectivity index (χ3n) is 2.39. The van der Waals surface area contributed by atoms with E-state index in [2.05, 4.69) is 0 Å². The number of methoxy groups -OCH3 is 1. The van der Waals surface area contributed by atoms with Crippen LogP contribution >= 0.6 is 0 Å². The SMILES string of the molecule is CCOc1c(OC)cccc1C1OCCO1. The van der Waals surface area contributed by atoms with Gasteiger partial charge in [0, 0.05) is 0 Å². The van der Waals surface area contributed by atoms with Crippen molar-refractivity contribution in [2.45, 2.75) is 13.2 Å². The molecule has 0 N–H and O–H groups in total. The van der Waals surface area contributed by atoms with Gasteiger partial charge in [-0.1, -0.05) is 6.07 Å². The molecule has 0 radical (unpaired) electrons. The molecule has 0 atom stereocenters. The van der Waals surface area contributed by atoms with Gasteiger partial charge in [0.25, 0.3) is 0 Å². The van der Waals surface area contributed by atoms with Gasteiger partial charge in [-0.25, -0.2) is 0 Å². The van der Waals surface area contributed by atoms with E-state index in [1.165, 1.54) is 0 Å². The molecule has 2 rings (SSSR count). The first-order valence-electron chi connectivity index (χ1n) is 5.39. The van der Waals surface area contributed by atoms with Crippen LogP contribution in [-0.4, -0.2) is 26.9 Å². The van der Waals surface area contributed by atoms with Crippen LogP contribution in [0.1, 0.15) is 18.8 Å². The van der Waals surface area contributed by atoms with Crippen molar-refractivity contribution < 1.29 is 18.9 Å². The lowest BCUT2D eigenvalue weighted by Crippen LogP contribution is -2.04. The van der Waals surface area contributed by atoms with Crippen molar-refractivity contribution in [3.63, 3.8) is 0 Å². The fourth-order valence-electron chi connectivity index (χ4n) is 1.72. The van der Waals surface area contributed by atoms with Gasteiger partial charge in [-0.15, -0.1) is 0 Å². The van der Waals surface area contributed by atoms with Crippen LogP contribution in [0, 0.1) is 0 Å². The Balaban J connectivity index is 2.33. The van der Waals surface area contributed by atoms with Crippen molar-refractivity contribution >= 4 is 0 Å². The van der Waals surface area contributed by atoms with E-state index in [9.17, 15) is 0 Å². The van der Waals surface area contributed by atoms with Crippen LogP contribution in [0.5, 0.6) is 11.5 Å². The summed E-state index contributed by atoms with van der Waals surface area (Å²) in [4.78, 5) is 0. The monoisotopic (exact) mass is 224 g/mol. The molecule has 0 aromatic heterocycles. The Hall–Kier alpha value is -1.26. The number of ether oxygens (including phenoxy) is 4. The molecule has 0 spiro atoms. The normalized spacial score (nSPS) is 16.4.